The number of rotatable bonds is 5. The summed E-state index contributed by atoms with van der Waals surface area (Å²) < 4.78 is 18.0. The molecule has 1 unspecified atom stereocenters. The molecule has 5 nitrogen and oxygen atoms in total. The number of carbonyl (C=O) groups is 2. The molecule has 0 radical (unpaired) electrons. The molecule has 0 saturated carbocycles. The van der Waals surface area contributed by atoms with Crippen molar-refractivity contribution < 1.29 is 23.8 Å². The van der Waals surface area contributed by atoms with E-state index in [0.717, 1.165) is 6.07 Å². The maximum absolute atomic E-state index is 13.2. The van der Waals surface area contributed by atoms with E-state index in [2.05, 4.69) is 5.32 Å². The van der Waals surface area contributed by atoms with Crippen LogP contribution < -0.4 is 5.32 Å². The first kappa shape index (κ1) is 15.4. The van der Waals surface area contributed by atoms with Crippen LogP contribution in [0.2, 0.25) is 5.02 Å². The van der Waals surface area contributed by atoms with Crippen LogP contribution in [-0.4, -0.2) is 36.2 Å². The van der Waals surface area contributed by atoms with Crippen molar-refractivity contribution in [2.45, 2.75) is 12.5 Å². The molecular formula is C12H13ClFNO4. The summed E-state index contributed by atoms with van der Waals surface area (Å²) in [5.41, 5.74) is -1.62. The number of nitrogens with one attached hydrogen (secondary N) is 1. The van der Waals surface area contributed by atoms with Crippen molar-refractivity contribution >= 4 is 23.5 Å². The molecule has 1 aromatic carbocycles. The molecule has 1 aromatic rings. The second kappa shape index (κ2) is 5.99. The van der Waals surface area contributed by atoms with Gasteiger partial charge in [0.15, 0.2) is 5.54 Å². The molecule has 0 heterocycles. The minimum absolute atomic E-state index is 0.0227. The zero-order chi connectivity index (χ0) is 14.6. The Morgan fingerprint density at radius 1 is 1.53 bits per heavy atom. The molecule has 0 aliphatic heterocycles. The Morgan fingerprint density at radius 3 is 2.63 bits per heavy atom. The van der Waals surface area contributed by atoms with Gasteiger partial charge in [0.2, 0.25) is 0 Å². The molecule has 1 atom stereocenters. The minimum Gasteiger partial charge on any atom is -0.479 e. The van der Waals surface area contributed by atoms with Gasteiger partial charge in [-0.3, -0.25) is 4.79 Å². The van der Waals surface area contributed by atoms with Gasteiger partial charge in [0.25, 0.3) is 5.91 Å². The fraction of sp³-hybridized carbons (Fsp3) is 0.333. The number of halogens is 2. The average Bonchev–Trinajstić information content (AvgIpc) is 2.32. The van der Waals surface area contributed by atoms with Crippen LogP contribution in [0.5, 0.6) is 0 Å². The van der Waals surface area contributed by atoms with E-state index in [4.69, 9.17) is 21.4 Å². The molecule has 0 bridgehead atoms. The number of carbonyl (C=O) groups excluding carboxylic acids is 1. The second-order valence-corrected chi connectivity index (χ2v) is 4.56. The first-order valence-electron chi connectivity index (χ1n) is 5.30. The highest BCUT2D eigenvalue weighted by Crippen LogP contribution is 2.16. The lowest BCUT2D eigenvalue weighted by molar-refractivity contribution is -0.145. The Kier molecular flexibility index (Phi) is 4.85. The number of benzene rings is 1. The third-order valence-corrected chi connectivity index (χ3v) is 2.78. The predicted octanol–water partition coefficient (Wildman–Crippen LogP) is 1.70. The molecule has 0 aliphatic carbocycles. The quantitative estimate of drug-likeness (QED) is 0.865. The highest BCUT2D eigenvalue weighted by Gasteiger charge is 2.35. The van der Waals surface area contributed by atoms with Gasteiger partial charge in [-0.25, -0.2) is 9.18 Å². The summed E-state index contributed by atoms with van der Waals surface area (Å²) in [6.45, 7) is 1.08. The van der Waals surface area contributed by atoms with E-state index >= 15 is 0 Å². The van der Waals surface area contributed by atoms with Crippen molar-refractivity contribution in [1.29, 1.82) is 0 Å². The van der Waals surface area contributed by atoms with E-state index in [1.54, 1.807) is 0 Å². The van der Waals surface area contributed by atoms with Crippen molar-refractivity contribution in [2.24, 2.45) is 0 Å². The molecule has 2 N–H and O–H groups in total. The summed E-state index contributed by atoms with van der Waals surface area (Å²) >= 11 is 5.50. The van der Waals surface area contributed by atoms with Gasteiger partial charge < -0.3 is 15.2 Å². The molecule has 1 amide bonds. The average molecular weight is 290 g/mol. The minimum atomic E-state index is -1.60. The highest BCUT2D eigenvalue weighted by atomic mass is 35.5. The molecule has 0 spiro atoms. The smallest absolute Gasteiger partial charge is 0.331 e. The number of aliphatic carboxylic acids is 1. The first-order chi connectivity index (χ1) is 8.80. The number of ether oxygens (including phenoxy) is 1. The van der Waals surface area contributed by atoms with Gasteiger partial charge in [-0.1, -0.05) is 11.6 Å². The third-order valence-electron chi connectivity index (χ3n) is 2.48. The van der Waals surface area contributed by atoms with Gasteiger partial charge in [-0.2, -0.15) is 0 Å². The molecule has 0 saturated heterocycles. The number of carboxylic acid groups (broad SMARTS) is 1. The molecule has 7 heteroatoms. The Hall–Kier alpha value is -1.66. The second-order valence-electron chi connectivity index (χ2n) is 4.15. The Labute approximate surface area is 114 Å². The standard InChI is InChI=1S/C12H13ClFNO4/c1-12(6-19-2,11(17)18)15-10(16)7-3-4-8(13)9(14)5-7/h3-5H,6H2,1-2H3,(H,15,16)(H,17,18). The fourth-order valence-corrected chi connectivity index (χ4v) is 1.52. The summed E-state index contributed by atoms with van der Waals surface area (Å²) in [5, 5.41) is 11.2. The van der Waals surface area contributed by atoms with Gasteiger partial charge in [-0.15, -0.1) is 0 Å². The number of amides is 1. The van der Waals surface area contributed by atoms with Crippen molar-refractivity contribution in [3.8, 4) is 0 Å². The van der Waals surface area contributed by atoms with Gasteiger partial charge in [-0.05, 0) is 25.1 Å². The SMILES string of the molecule is COCC(C)(NC(=O)c1ccc(Cl)c(F)c1)C(=O)O. The number of methoxy groups -OCH3 is 1. The summed E-state index contributed by atoms with van der Waals surface area (Å²) in [5.74, 6) is -2.73. The van der Waals surface area contributed by atoms with E-state index in [1.807, 2.05) is 0 Å². The monoisotopic (exact) mass is 289 g/mol. The van der Waals surface area contributed by atoms with Crippen LogP contribution in [0.15, 0.2) is 18.2 Å². The predicted molar refractivity (Wildman–Crippen MR) is 66.8 cm³/mol. The molecule has 0 aromatic heterocycles. The van der Waals surface area contributed by atoms with Crippen LogP contribution in [0, 0.1) is 5.82 Å². The third kappa shape index (κ3) is 3.65. The van der Waals surface area contributed by atoms with Crippen LogP contribution in [0.1, 0.15) is 17.3 Å². The molecule has 19 heavy (non-hydrogen) atoms. The van der Waals surface area contributed by atoms with E-state index in [-0.39, 0.29) is 17.2 Å². The zero-order valence-corrected chi connectivity index (χ0v) is 11.1. The van der Waals surface area contributed by atoms with Crippen LogP contribution in [0.25, 0.3) is 0 Å². The lowest BCUT2D eigenvalue weighted by Gasteiger charge is -2.25. The number of hydrogen-bond acceptors (Lipinski definition) is 3. The first-order valence-corrected chi connectivity index (χ1v) is 5.68. The summed E-state index contributed by atoms with van der Waals surface area (Å²) in [4.78, 5) is 23.0. The van der Waals surface area contributed by atoms with Crippen molar-refractivity contribution in [3.63, 3.8) is 0 Å². The Morgan fingerprint density at radius 2 is 2.16 bits per heavy atom. The van der Waals surface area contributed by atoms with Gasteiger partial charge >= 0.3 is 5.97 Å². The van der Waals surface area contributed by atoms with Gasteiger partial charge in [0.05, 0.1) is 11.6 Å². The normalized spacial score (nSPS) is 13.7. The number of hydrogen-bond donors (Lipinski definition) is 2. The van der Waals surface area contributed by atoms with E-state index in [0.29, 0.717) is 0 Å². The maximum Gasteiger partial charge on any atom is 0.331 e. The topological polar surface area (TPSA) is 75.6 Å². The Balaban J connectivity index is 2.94. The van der Waals surface area contributed by atoms with E-state index < -0.39 is 23.2 Å². The van der Waals surface area contributed by atoms with E-state index in [1.165, 1.54) is 26.2 Å². The van der Waals surface area contributed by atoms with Crippen molar-refractivity contribution in [1.82, 2.24) is 5.32 Å². The molecule has 0 fully saturated rings. The van der Waals surface area contributed by atoms with Crippen LogP contribution in [-0.2, 0) is 9.53 Å². The lowest BCUT2D eigenvalue weighted by Crippen LogP contribution is -2.55. The summed E-state index contributed by atoms with van der Waals surface area (Å²) in [6.07, 6.45) is 0. The molecular weight excluding hydrogens is 277 g/mol. The van der Waals surface area contributed by atoms with Gasteiger partial charge in [0, 0.05) is 12.7 Å². The van der Waals surface area contributed by atoms with Crippen LogP contribution in [0.3, 0.4) is 0 Å². The molecule has 0 aliphatic rings. The maximum atomic E-state index is 13.2. The van der Waals surface area contributed by atoms with Crippen molar-refractivity contribution in [3.05, 3.63) is 34.6 Å². The largest absolute Gasteiger partial charge is 0.479 e. The highest BCUT2D eigenvalue weighted by molar-refractivity contribution is 6.30. The van der Waals surface area contributed by atoms with E-state index in [9.17, 15) is 14.0 Å². The van der Waals surface area contributed by atoms with Crippen LogP contribution in [0.4, 0.5) is 4.39 Å². The summed E-state index contributed by atoms with van der Waals surface area (Å²) in [6, 6.07) is 3.46. The molecule has 104 valence electrons. The lowest BCUT2D eigenvalue weighted by atomic mass is 10.0. The van der Waals surface area contributed by atoms with Crippen molar-refractivity contribution in [2.75, 3.05) is 13.7 Å². The Bertz CT molecular complexity index is 509. The fourth-order valence-electron chi connectivity index (χ4n) is 1.40. The zero-order valence-electron chi connectivity index (χ0n) is 10.4. The van der Waals surface area contributed by atoms with Crippen LogP contribution >= 0.6 is 11.6 Å². The van der Waals surface area contributed by atoms with Gasteiger partial charge in [0.1, 0.15) is 5.82 Å². The number of carboxylic acids is 1. The summed E-state index contributed by atoms with van der Waals surface area (Å²) in [7, 11) is 1.31. The molecule has 1 rings (SSSR count).